The van der Waals surface area contributed by atoms with Crippen LogP contribution in [-0.2, 0) is 36.5 Å². The number of ketones is 1. The molecule has 1 aliphatic rings. The van der Waals surface area contributed by atoms with Crippen molar-refractivity contribution in [3.63, 3.8) is 0 Å². The van der Waals surface area contributed by atoms with Crippen molar-refractivity contribution in [2.75, 3.05) is 26.2 Å². The lowest BCUT2D eigenvalue weighted by molar-refractivity contribution is -0.183. The Hall–Kier alpha value is -4.01. The van der Waals surface area contributed by atoms with Crippen molar-refractivity contribution in [1.29, 1.82) is 0 Å². The van der Waals surface area contributed by atoms with Crippen LogP contribution < -0.4 is 10.8 Å². The van der Waals surface area contributed by atoms with E-state index in [-0.39, 0.29) is 25.3 Å². The number of hydroxylamine groups is 1. The number of halogens is 3. The lowest BCUT2D eigenvalue weighted by Gasteiger charge is -2.36. The van der Waals surface area contributed by atoms with Gasteiger partial charge in [-0.15, -0.1) is 0 Å². The summed E-state index contributed by atoms with van der Waals surface area (Å²) in [4.78, 5) is 60.0. The van der Waals surface area contributed by atoms with E-state index >= 15 is 0 Å². The molecule has 14 heteroatoms. The molecule has 2 aromatic carbocycles. The second kappa shape index (κ2) is 17.0. The fourth-order valence-electron chi connectivity index (χ4n) is 5.29. The summed E-state index contributed by atoms with van der Waals surface area (Å²) in [7, 11) is 0. The second-order valence-corrected chi connectivity index (χ2v) is 14.8. The number of esters is 1. The molecule has 282 valence electrons. The first-order valence-electron chi connectivity index (χ1n) is 16.9. The number of amides is 2. The van der Waals surface area contributed by atoms with E-state index in [1.54, 1.807) is 78.8 Å². The van der Waals surface area contributed by atoms with E-state index in [1.165, 1.54) is 17.0 Å². The Kier molecular flexibility index (Phi) is 13.8. The Balaban J connectivity index is 1.79. The molecule has 0 aromatic heterocycles. The highest BCUT2D eigenvalue weighted by atomic mass is 19.4. The van der Waals surface area contributed by atoms with Crippen LogP contribution in [0, 0.1) is 11.8 Å². The molecule has 1 fully saturated rings. The van der Waals surface area contributed by atoms with E-state index in [0.717, 1.165) is 12.1 Å². The van der Waals surface area contributed by atoms with Gasteiger partial charge in [0.1, 0.15) is 17.2 Å². The molecule has 3 N–H and O–H groups in total. The maximum absolute atomic E-state index is 14.0. The highest BCUT2D eigenvalue weighted by molar-refractivity contribution is 5.98. The number of hydrogen-bond acceptors (Lipinski definition) is 9. The van der Waals surface area contributed by atoms with Gasteiger partial charge in [0.15, 0.2) is 12.4 Å². The van der Waals surface area contributed by atoms with Crippen molar-refractivity contribution in [2.45, 2.75) is 96.7 Å². The standard InChI is InChI=1S/C37H50F3N3O8/c1-34(2,3)50-33(47)42-29(20-24-15-17-27(18-16-24)37(38,39)40)31(45)43-21-26(14-11-19-41-51-36(6,7)35(4,5)48)28(22-43)32(46)49-23-30(44)25-12-9-8-10-13-25/h8-10,12-13,15-18,26,28-29,41,48H,11,14,19-23H2,1-7H3,(H,42,47). The fraction of sp³-hybridized carbons (Fsp3) is 0.568. The third kappa shape index (κ3) is 12.6. The SMILES string of the molecule is CC(C)(C)OC(=O)NC(Cc1ccc(C(F)(F)F)cc1)C(=O)N1CC(CCCNOC(C)(C)C(C)(C)O)C(C(=O)OCC(=O)c2ccccc2)C1. The number of hydrogen-bond donors (Lipinski definition) is 3. The first-order chi connectivity index (χ1) is 23.6. The van der Waals surface area contributed by atoms with E-state index in [9.17, 15) is 37.5 Å². The summed E-state index contributed by atoms with van der Waals surface area (Å²) in [5.41, 5.74) is -0.193. The van der Waals surface area contributed by atoms with Crippen LogP contribution >= 0.6 is 0 Å². The number of alkyl halides is 3. The van der Waals surface area contributed by atoms with Gasteiger partial charge in [0.2, 0.25) is 5.91 Å². The summed E-state index contributed by atoms with van der Waals surface area (Å²) in [5.74, 6) is -2.81. The van der Waals surface area contributed by atoms with Gasteiger partial charge >= 0.3 is 18.2 Å². The first-order valence-corrected chi connectivity index (χ1v) is 16.9. The van der Waals surface area contributed by atoms with Crippen molar-refractivity contribution in [3.8, 4) is 0 Å². The van der Waals surface area contributed by atoms with Gasteiger partial charge in [-0.2, -0.15) is 13.2 Å². The number of likely N-dealkylation sites (tertiary alicyclic amines) is 1. The maximum Gasteiger partial charge on any atom is 0.416 e. The number of aliphatic hydroxyl groups is 1. The topological polar surface area (TPSA) is 144 Å². The number of carbonyl (C=O) groups excluding carboxylic acids is 4. The molecule has 0 bridgehead atoms. The van der Waals surface area contributed by atoms with E-state index < -0.39 is 71.0 Å². The Morgan fingerprint density at radius 3 is 2.12 bits per heavy atom. The second-order valence-electron chi connectivity index (χ2n) is 14.8. The minimum absolute atomic E-state index is 0.0724. The lowest BCUT2D eigenvalue weighted by atomic mass is 9.90. The van der Waals surface area contributed by atoms with Crippen LogP contribution in [0.5, 0.6) is 0 Å². The van der Waals surface area contributed by atoms with Gasteiger partial charge in [0.25, 0.3) is 0 Å². The number of alkyl carbamates (subject to hydrolysis) is 1. The molecule has 11 nitrogen and oxygen atoms in total. The van der Waals surface area contributed by atoms with Crippen LogP contribution in [0.25, 0.3) is 0 Å². The van der Waals surface area contributed by atoms with Crippen molar-refractivity contribution in [1.82, 2.24) is 15.7 Å². The average molecular weight is 722 g/mol. The summed E-state index contributed by atoms with van der Waals surface area (Å²) in [6, 6.07) is 11.4. The Bertz CT molecular complexity index is 1490. The van der Waals surface area contributed by atoms with Gasteiger partial charge in [0.05, 0.1) is 17.1 Å². The van der Waals surface area contributed by atoms with Crippen molar-refractivity contribution < 1.29 is 51.8 Å². The summed E-state index contributed by atoms with van der Waals surface area (Å²) >= 11 is 0. The molecule has 0 saturated carbocycles. The highest BCUT2D eigenvalue weighted by Gasteiger charge is 2.43. The Morgan fingerprint density at radius 1 is 0.922 bits per heavy atom. The molecule has 1 heterocycles. The average Bonchev–Trinajstić information content (AvgIpc) is 3.45. The molecular formula is C37H50F3N3O8. The highest BCUT2D eigenvalue weighted by Crippen LogP contribution is 2.31. The van der Waals surface area contributed by atoms with E-state index in [4.69, 9.17) is 14.3 Å². The zero-order valence-corrected chi connectivity index (χ0v) is 30.3. The molecule has 0 radical (unpaired) electrons. The third-order valence-electron chi connectivity index (χ3n) is 8.86. The molecule has 2 aromatic rings. The normalized spacial score (nSPS) is 17.5. The van der Waals surface area contributed by atoms with Crippen LogP contribution in [0.4, 0.5) is 18.0 Å². The number of rotatable bonds is 15. The number of ether oxygens (including phenoxy) is 2. The van der Waals surface area contributed by atoms with Crippen molar-refractivity contribution >= 4 is 23.8 Å². The number of nitrogens with one attached hydrogen (secondary N) is 2. The van der Waals surface area contributed by atoms with Gasteiger partial charge in [-0.3, -0.25) is 19.2 Å². The Morgan fingerprint density at radius 2 is 1.55 bits per heavy atom. The lowest BCUT2D eigenvalue weighted by Crippen LogP contribution is -2.50. The van der Waals surface area contributed by atoms with Crippen LogP contribution in [0.2, 0.25) is 0 Å². The minimum atomic E-state index is -4.55. The predicted molar refractivity (Wildman–Crippen MR) is 182 cm³/mol. The van der Waals surface area contributed by atoms with Crippen molar-refractivity contribution in [3.05, 3.63) is 71.3 Å². The van der Waals surface area contributed by atoms with Gasteiger partial charge in [-0.25, -0.2) is 10.3 Å². The number of nitrogens with zero attached hydrogens (tertiary/aromatic N) is 1. The van der Waals surface area contributed by atoms with Gasteiger partial charge in [0, 0.05) is 31.6 Å². The number of carbonyl (C=O) groups is 4. The minimum Gasteiger partial charge on any atom is -0.457 e. The monoisotopic (exact) mass is 721 g/mol. The number of Topliss-reactive ketones (excluding diaryl/α,β-unsaturated/α-hetero) is 1. The van der Waals surface area contributed by atoms with Gasteiger partial charge < -0.3 is 24.8 Å². The molecule has 1 aliphatic heterocycles. The number of benzene rings is 2. The molecule has 2 amide bonds. The summed E-state index contributed by atoms with van der Waals surface area (Å²) < 4.78 is 50.4. The third-order valence-corrected chi connectivity index (χ3v) is 8.86. The van der Waals surface area contributed by atoms with E-state index in [0.29, 0.717) is 30.5 Å². The fourth-order valence-corrected chi connectivity index (χ4v) is 5.29. The zero-order valence-electron chi connectivity index (χ0n) is 30.3. The Labute approximate surface area is 297 Å². The maximum atomic E-state index is 14.0. The van der Waals surface area contributed by atoms with E-state index in [2.05, 4.69) is 10.8 Å². The molecule has 3 unspecified atom stereocenters. The largest absolute Gasteiger partial charge is 0.457 e. The summed E-state index contributed by atoms with van der Waals surface area (Å²) in [6.45, 7) is 11.6. The van der Waals surface area contributed by atoms with Crippen LogP contribution in [0.3, 0.4) is 0 Å². The quantitative estimate of drug-likeness (QED) is 0.0942. The smallest absolute Gasteiger partial charge is 0.416 e. The molecule has 51 heavy (non-hydrogen) atoms. The van der Waals surface area contributed by atoms with Crippen LogP contribution in [0.15, 0.2) is 54.6 Å². The predicted octanol–water partition coefficient (Wildman–Crippen LogP) is 5.49. The van der Waals surface area contributed by atoms with Crippen molar-refractivity contribution in [2.24, 2.45) is 11.8 Å². The van der Waals surface area contributed by atoms with Gasteiger partial charge in [-0.05, 0) is 84.9 Å². The molecule has 3 atom stereocenters. The molecule has 3 rings (SSSR count). The molecule has 0 aliphatic carbocycles. The molecule has 0 spiro atoms. The first kappa shape index (κ1) is 41.4. The van der Waals surface area contributed by atoms with E-state index in [1.807, 2.05) is 0 Å². The zero-order chi connectivity index (χ0) is 38.2. The van der Waals surface area contributed by atoms with Crippen LogP contribution in [0.1, 0.15) is 82.8 Å². The summed E-state index contributed by atoms with van der Waals surface area (Å²) in [5, 5.41) is 12.9. The van der Waals surface area contributed by atoms with Gasteiger partial charge in [-0.1, -0.05) is 42.5 Å². The molecular weight excluding hydrogens is 671 g/mol. The summed E-state index contributed by atoms with van der Waals surface area (Å²) in [6.07, 6.45) is -4.63. The van der Waals surface area contributed by atoms with Crippen LogP contribution in [-0.4, -0.2) is 82.8 Å². The molecule has 1 saturated heterocycles.